The van der Waals surface area contributed by atoms with Crippen LogP contribution < -0.4 is 14.2 Å². The summed E-state index contributed by atoms with van der Waals surface area (Å²) in [5.74, 6) is 2.63. The molecule has 1 fully saturated rings. The molecule has 1 aromatic heterocycles. The lowest BCUT2D eigenvalue weighted by Crippen LogP contribution is -2.48. The van der Waals surface area contributed by atoms with Crippen LogP contribution in [0.5, 0.6) is 17.2 Å². The summed E-state index contributed by atoms with van der Waals surface area (Å²) < 4.78 is 38.3. The molecular formula is C28H36FN3O5. The molecule has 4 rings (SSSR count). The van der Waals surface area contributed by atoms with Crippen molar-refractivity contribution in [3.8, 4) is 17.2 Å². The van der Waals surface area contributed by atoms with Crippen molar-refractivity contribution in [1.82, 2.24) is 14.5 Å². The highest BCUT2D eigenvalue weighted by molar-refractivity contribution is 5.43. The van der Waals surface area contributed by atoms with Crippen molar-refractivity contribution in [1.29, 1.82) is 0 Å². The fourth-order valence-corrected chi connectivity index (χ4v) is 4.43. The van der Waals surface area contributed by atoms with Crippen molar-refractivity contribution in [3.05, 3.63) is 72.1 Å². The normalized spacial score (nSPS) is 18.4. The van der Waals surface area contributed by atoms with Crippen LogP contribution in [0.25, 0.3) is 0 Å². The number of aromatic nitrogens is 2. The van der Waals surface area contributed by atoms with Gasteiger partial charge in [-0.3, -0.25) is 4.90 Å². The van der Waals surface area contributed by atoms with Crippen molar-refractivity contribution in [2.45, 2.75) is 38.5 Å². The minimum Gasteiger partial charge on any atom is -0.493 e. The minimum atomic E-state index is -1.19. The number of benzene rings is 2. The first-order valence-corrected chi connectivity index (χ1v) is 12.7. The maximum absolute atomic E-state index is 13.2. The Morgan fingerprint density at radius 3 is 2.76 bits per heavy atom. The highest BCUT2D eigenvalue weighted by Gasteiger charge is 2.33. The molecule has 1 saturated heterocycles. The SMILES string of the molecule is CCc1nccn1CCCOc1ccc(CN2CCOC[C@](O)(COc3ccc(F)cc3)C2)cc1OC. The molecule has 37 heavy (non-hydrogen) atoms. The number of methoxy groups -OCH3 is 1. The van der Waals surface area contributed by atoms with Crippen LogP contribution in [0.2, 0.25) is 0 Å². The number of ether oxygens (including phenoxy) is 4. The number of imidazole rings is 1. The molecule has 1 N–H and O–H groups in total. The van der Waals surface area contributed by atoms with Crippen molar-refractivity contribution in [2.24, 2.45) is 0 Å². The largest absolute Gasteiger partial charge is 0.493 e. The van der Waals surface area contributed by atoms with Gasteiger partial charge in [0.2, 0.25) is 0 Å². The summed E-state index contributed by atoms with van der Waals surface area (Å²) in [7, 11) is 1.64. The summed E-state index contributed by atoms with van der Waals surface area (Å²) in [6.45, 7) is 5.91. The molecule has 2 aromatic carbocycles. The van der Waals surface area contributed by atoms with Crippen LogP contribution in [0.3, 0.4) is 0 Å². The van der Waals surface area contributed by atoms with E-state index in [9.17, 15) is 9.50 Å². The van der Waals surface area contributed by atoms with Gasteiger partial charge in [-0.15, -0.1) is 0 Å². The molecule has 0 bridgehead atoms. The van der Waals surface area contributed by atoms with Gasteiger partial charge in [-0.2, -0.15) is 0 Å². The molecule has 200 valence electrons. The third-order valence-electron chi connectivity index (χ3n) is 6.31. The highest BCUT2D eigenvalue weighted by Crippen LogP contribution is 2.29. The zero-order chi connectivity index (χ0) is 26.1. The Labute approximate surface area is 217 Å². The second-order valence-electron chi connectivity index (χ2n) is 9.31. The standard InChI is InChI=1S/C28H36FN3O5/c1-3-27-30-11-13-32(27)12-4-15-36-25-10-5-22(17-26(25)34-2)18-31-14-16-35-20-28(33,19-31)21-37-24-8-6-23(29)7-9-24/h5-11,13,17,33H,3-4,12,14-16,18-21H2,1-2H3/t28-/m0/s1. The molecule has 3 aromatic rings. The molecule has 0 aliphatic carbocycles. The Kier molecular flexibility index (Phi) is 9.38. The van der Waals surface area contributed by atoms with Crippen molar-refractivity contribution >= 4 is 0 Å². The molecule has 0 unspecified atom stereocenters. The van der Waals surface area contributed by atoms with Crippen LogP contribution in [-0.4, -0.2) is 71.8 Å². The number of nitrogens with zero attached hydrogens (tertiary/aromatic N) is 3. The van der Waals surface area contributed by atoms with E-state index in [1.165, 1.54) is 12.1 Å². The zero-order valence-corrected chi connectivity index (χ0v) is 21.6. The Morgan fingerprint density at radius 1 is 1.14 bits per heavy atom. The molecule has 2 heterocycles. The van der Waals surface area contributed by atoms with E-state index in [-0.39, 0.29) is 19.0 Å². The molecule has 9 heteroatoms. The highest BCUT2D eigenvalue weighted by atomic mass is 19.1. The van der Waals surface area contributed by atoms with E-state index in [4.69, 9.17) is 18.9 Å². The molecule has 1 atom stereocenters. The van der Waals surface area contributed by atoms with Crippen LogP contribution in [0, 0.1) is 5.82 Å². The molecule has 0 spiro atoms. The predicted molar refractivity (Wildman–Crippen MR) is 138 cm³/mol. The number of hydrogen-bond donors (Lipinski definition) is 1. The van der Waals surface area contributed by atoms with Gasteiger partial charge in [0.05, 0.1) is 26.9 Å². The van der Waals surface area contributed by atoms with Gasteiger partial charge >= 0.3 is 0 Å². The second kappa shape index (κ2) is 12.9. The smallest absolute Gasteiger partial charge is 0.161 e. The van der Waals surface area contributed by atoms with Gasteiger partial charge in [0.1, 0.15) is 29.6 Å². The van der Waals surface area contributed by atoms with E-state index in [2.05, 4.69) is 21.4 Å². The maximum Gasteiger partial charge on any atom is 0.161 e. The lowest BCUT2D eigenvalue weighted by atomic mass is 10.1. The zero-order valence-electron chi connectivity index (χ0n) is 21.6. The van der Waals surface area contributed by atoms with Crippen LogP contribution in [-0.2, 0) is 24.2 Å². The fraction of sp³-hybridized carbons (Fsp3) is 0.464. The third-order valence-corrected chi connectivity index (χ3v) is 6.31. The van der Waals surface area contributed by atoms with E-state index < -0.39 is 5.60 Å². The number of aryl methyl sites for hydroxylation is 2. The van der Waals surface area contributed by atoms with Gasteiger partial charge in [-0.1, -0.05) is 13.0 Å². The van der Waals surface area contributed by atoms with Crippen LogP contribution in [0.1, 0.15) is 24.7 Å². The number of hydrogen-bond acceptors (Lipinski definition) is 7. The Bertz CT molecular complexity index is 1120. The van der Waals surface area contributed by atoms with E-state index in [0.717, 1.165) is 30.8 Å². The second-order valence-corrected chi connectivity index (χ2v) is 9.31. The van der Waals surface area contributed by atoms with Gasteiger partial charge in [-0.05, 0) is 48.4 Å². The van der Waals surface area contributed by atoms with Gasteiger partial charge in [0.15, 0.2) is 11.5 Å². The van der Waals surface area contributed by atoms with E-state index in [1.54, 1.807) is 19.2 Å². The topological polar surface area (TPSA) is 78.2 Å². The summed E-state index contributed by atoms with van der Waals surface area (Å²) in [4.78, 5) is 6.49. The summed E-state index contributed by atoms with van der Waals surface area (Å²) in [5, 5.41) is 11.2. The maximum atomic E-state index is 13.2. The number of halogens is 1. The van der Waals surface area contributed by atoms with Crippen LogP contribution in [0.4, 0.5) is 4.39 Å². The number of β-amino-alcohol motifs (C(OH)–C–C–N with tert-alkyl or cyclic N) is 1. The average molecular weight is 514 g/mol. The van der Waals surface area contributed by atoms with E-state index in [0.29, 0.717) is 50.1 Å². The summed E-state index contributed by atoms with van der Waals surface area (Å²) in [6, 6.07) is 11.7. The average Bonchev–Trinajstić information content (AvgIpc) is 3.28. The summed E-state index contributed by atoms with van der Waals surface area (Å²) in [6.07, 6.45) is 5.60. The number of rotatable bonds is 12. The predicted octanol–water partition coefficient (Wildman–Crippen LogP) is 3.70. The Morgan fingerprint density at radius 2 is 1.97 bits per heavy atom. The summed E-state index contributed by atoms with van der Waals surface area (Å²) in [5.41, 5.74) is -0.149. The van der Waals surface area contributed by atoms with Gasteiger partial charge in [0, 0.05) is 45.0 Å². The molecule has 8 nitrogen and oxygen atoms in total. The van der Waals surface area contributed by atoms with Crippen molar-refractivity contribution < 1.29 is 28.4 Å². The molecule has 0 amide bonds. The molecule has 0 saturated carbocycles. The lowest BCUT2D eigenvalue weighted by Gasteiger charge is -2.30. The quantitative estimate of drug-likeness (QED) is 0.370. The first kappa shape index (κ1) is 26.9. The van der Waals surface area contributed by atoms with E-state index >= 15 is 0 Å². The van der Waals surface area contributed by atoms with Gasteiger partial charge in [-0.25, -0.2) is 9.37 Å². The Hall–Kier alpha value is -3.14. The Balaban J connectivity index is 1.31. The minimum absolute atomic E-state index is 0.0457. The first-order chi connectivity index (χ1) is 18.0. The van der Waals surface area contributed by atoms with Gasteiger partial charge < -0.3 is 28.6 Å². The molecule has 1 aliphatic heterocycles. The number of aliphatic hydroxyl groups is 1. The first-order valence-electron chi connectivity index (χ1n) is 12.7. The van der Waals surface area contributed by atoms with Crippen molar-refractivity contribution in [2.75, 3.05) is 46.6 Å². The fourth-order valence-electron chi connectivity index (χ4n) is 4.43. The van der Waals surface area contributed by atoms with Crippen LogP contribution >= 0.6 is 0 Å². The van der Waals surface area contributed by atoms with Crippen molar-refractivity contribution in [3.63, 3.8) is 0 Å². The lowest BCUT2D eigenvalue weighted by molar-refractivity contribution is -0.0646. The monoisotopic (exact) mass is 513 g/mol. The molecular weight excluding hydrogens is 477 g/mol. The molecule has 1 aliphatic rings. The summed E-state index contributed by atoms with van der Waals surface area (Å²) >= 11 is 0. The van der Waals surface area contributed by atoms with Gasteiger partial charge in [0.25, 0.3) is 0 Å². The van der Waals surface area contributed by atoms with E-state index in [1.807, 2.05) is 30.6 Å². The third kappa shape index (κ3) is 7.67. The van der Waals surface area contributed by atoms with Crippen LogP contribution in [0.15, 0.2) is 54.9 Å². The molecule has 0 radical (unpaired) electrons.